The molecule has 0 amide bonds. The van der Waals surface area contributed by atoms with Crippen LogP contribution in [0.25, 0.3) is 0 Å². The third-order valence-corrected chi connectivity index (χ3v) is 4.45. The lowest BCUT2D eigenvalue weighted by atomic mass is 10.0. The lowest BCUT2D eigenvalue weighted by molar-refractivity contribution is 0.503. The number of thioether (sulfide) groups is 1. The molecule has 1 unspecified atom stereocenters. The van der Waals surface area contributed by atoms with Gasteiger partial charge in [-0.2, -0.15) is 0 Å². The molecule has 1 rings (SSSR count). The van der Waals surface area contributed by atoms with Gasteiger partial charge in [0.2, 0.25) is 0 Å². The largest absolute Gasteiger partial charge is 0.372 e. The van der Waals surface area contributed by atoms with Gasteiger partial charge in [-0.15, -0.1) is 11.8 Å². The van der Waals surface area contributed by atoms with E-state index >= 15 is 0 Å². The highest BCUT2D eigenvalue weighted by Gasteiger charge is 2.16. The molecule has 0 saturated heterocycles. The minimum Gasteiger partial charge on any atom is -0.372 e. The van der Waals surface area contributed by atoms with E-state index in [-0.39, 0.29) is 0 Å². The average Bonchev–Trinajstić information content (AvgIpc) is 2.37. The van der Waals surface area contributed by atoms with Gasteiger partial charge in [0.1, 0.15) is 0 Å². The van der Waals surface area contributed by atoms with E-state index in [2.05, 4.69) is 57.8 Å². The molecule has 1 aromatic carbocycles. The summed E-state index contributed by atoms with van der Waals surface area (Å²) in [6.45, 7) is 9.63. The van der Waals surface area contributed by atoms with Gasteiger partial charge in [-0.1, -0.05) is 26.8 Å². The van der Waals surface area contributed by atoms with Crippen LogP contribution in [-0.2, 0) is 6.54 Å². The van der Waals surface area contributed by atoms with Crippen molar-refractivity contribution in [2.45, 2.75) is 51.6 Å². The molecule has 108 valence electrons. The summed E-state index contributed by atoms with van der Waals surface area (Å²) in [7, 11) is 2.18. The first kappa shape index (κ1) is 16.4. The standard InChI is InChI=1S/C16H28N2S/c1-6-19-16-9-7-8-15(14(16)11-17)18(5)13(4)10-12(2)3/h7-9,12-13H,6,10-11,17H2,1-5H3. The molecule has 0 saturated carbocycles. The molecule has 1 aromatic rings. The molecule has 1 atom stereocenters. The topological polar surface area (TPSA) is 29.3 Å². The van der Waals surface area contributed by atoms with E-state index in [9.17, 15) is 0 Å². The number of rotatable bonds is 7. The van der Waals surface area contributed by atoms with Gasteiger partial charge in [-0.25, -0.2) is 0 Å². The van der Waals surface area contributed by atoms with Crippen LogP contribution in [0.15, 0.2) is 23.1 Å². The fourth-order valence-electron chi connectivity index (χ4n) is 2.46. The molecule has 0 aliphatic heterocycles. The number of benzene rings is 1. The van der Waals surface area contributed by atoms with Crippen LogP contribution < -0.4 is 10.6 Å². The zero-order valence-corrected chi connectivity index (χ0v) is 13.8. The Labute approximate surface area is 122 Å². The van der Waals surface area contributed by atoms with Crippen molar-refractivity contribution in [3.8, 4) is 0 Å². The normalized spacial score (nSPS) is 12.8. The zero-order valence-electron chi connectivity index (χ0n) is 12.9. The molecule has 3 heteroatoms. The van der Waals surface area contributed by atoms with Crippen LogP contribution in [0.5, 0.6) is 0 Å². The lowest BCUT2D eigenvalue weighted by Crippen LogP contribution is -2.31. The minimum atomic E-state index is 0.534. The predicted octanol–water partition coefficient (Wildman–Crippen LogP) is 4.13. The van der Waals surface area contributed by atoms with Crippen molar-refractivity contribution < 1.29 is 0 Å². The summed E-state index contributed by atoms with van der Waals surface area (Å²) in [5.41, 5.74) is 8.55. The van der Waals surface area contributed by atoms with Crippen LogP contribution in [0.4, 0.5) is 5.69 Å². The Kier molecular flexibility index (Phi) is 6.73. The maximum Gasteiger partial charge on any atom is 0.0422 e. The molecule has 0 heterocycles. The minimum absolute atomic E-state index is 0.534. The Hall–Kier alpha value is -0.670. The molecule has 19 heavy (non-hydrogen) atoms. The fourth-order valence-corrected chi connectivity index (χ4v) is 3.31. The fraction of sp³-hybridized carbons (Fsp3) is 0.625. The average molecular weight is 280 g/mol. The molecule has 0 bridgehead atoms. The first-order chi connectivity index (χ1) is 9.01. The molecular weight excluding hydrogens is 252 g/mol. The molecule has 0 spiro atoms. The second-order valence-corrected chi connectivity index (χ2v) is 6.79. The van der Waals surface area contributed by atoms with Gasteiger partial charge in [0.25, 0.3) is 0 Å². The molecule has 0 fully saturated rings. The molecule has 2 N–H and O–H groups in total. The van der Waals surface area contributed by atoms with Gasteiger partial charge >= 0.3 is 0 Å². The quantitative estimate of drug-likeness (QED) is 0.762. The summed E-state index contributed by atoms with van der Waals surface area (Å²) in [6, 6.07) is 7.05. The highest BCUT2D eigenvalue weighted by Crippen LogP contribution is 2.31. The van der Waals surface area contributed by atoms with Gasteiger partial charge in [0, 0.05) is 35.8 Å². The van der Waals surface area contributed by atoms with Crippen molar-refractivity contribution >= 4 is 17.4 Å². The third-order valence-electron chi connectivity index (χ3n) is 3.47. The van der Waals surface area contributed by atoms with Crippen molar-refractivity contribution in [1.82, 2.24) is 0 Å². The SMILES string of the molecule is CCSc1cccc(N(C)C(C)CC(C)C)c1CN. The van der Waals surface area contributed by atoms with Crippen molar-refractivity contribution in [3.63, 3.8) is 0 Å². The summed E-state index contributed by atoms with van der Waals surface area (Å²) in [5, 5.41) is 0. The van der Waals surface area contributed by atoms with Crippen molar-refractivity contribution in [1.29, 1.82) is 0 Å². The van der Waals surface area contributed by atoms with Gasteiger partial charge in [0.05, 0.1) is 0 Å². The van der Waals surface area contributed by atoms with Crippen LogP contribution in [0.1, 0.15) is 39.7 Å². The van der Waals surface area contributed by atoms with Crippen LogP contribution in [0, 0.1) is 5.92 Å². The van der Waals surface area contributed by atoms with Crippen LogP contribution in [-0.4, -0.2) is 18.8 Å². The van der Waals surface area contributed by atoms with Crippen molar-refractivity contribution in [3.05, 3.63) is 23.8 Å². The molecule has 0 aliphatic carbocycles. The maximum absolute atomic E-state index is 5.98. The van der Waals surface area contributed by atoms with Crippen LogP contribution in [0.3, 0.4) is 0 Å². The van der Waals surface area contributed by atoms with Gasteiger partial charge < -0.3 is 10.6 Å². The van der Waals surface area contributed by atoms with Crippen molar-refractivity contribution in [2.24, 2.45) is 11.7 Å². The summed E-state index contributed by atoms with van der Waals surface area (Å²) in [4.78, 5) is 3.70. The van der Waals surface area contributed by atoms with E-state index in [0.717, 1.165) is 5.75 Å². The summed E-state index contributed by atoms with van der Waals surface area (Å²) in [5.74, 6) is 1.80. The number of anilines is 1. The smallest absolute Gasteiger partial charge is 0.0422 e. The van der Waals surface area contributed by atoms with Crippen LogP contribution in [0.2, 0.25) is 0 Å². The van der Waals surface area contributed by atoms with E-state index in [0.29, 0.717) is 18.5 Å². The number of nitrogens with two attached hydrogens (primary N) is 1. The number of nitrogens with zero attached hydrogens (tertiary/aromatic N) is 1. The lowest BCUT2D eigenvalue weighted by Gasteiger charge is -2.30. The second kappa shape index (κ2) is 7.81. The maximum atomic E-state index is 5.98. The molecule has 0 aromatic heterocycles. The first-order valence-corrected chi connectivity index (χ1v) is 8.17. The summed E-state index contributed by atoms with van der Waals surface area (Å²) >= 11 is 1.88. The number of hydrogen-bond acceptors (Lipinski definition) is 3. The highest BCUT2D eigenvalue weighted by atomic mass is 32.2. The molecule has 2 nitrogen and oxygen atoms in total. The highest BCUT2D eigenvalue weighted by molar-refractivity contribution is 7.99. The Balaban J connectivity index is 3.01. The zero-order chi connectivity index (χ0) is 14.4. The monoisotopic (exact) mass is 280 g/mol. The third kappa shape index (κ3) is 4.43. The first-order valence-electron chi connectivity index (χ1n) is 7.18. The summed E-state index contributed by atoms with van der Waals surface area (Å²) in [6.07, 6.45) is 1.20. The second-order valence-electron chi connectivity index (χ2n) is 5.48. The summed E-state index contributed by atoms with van der Waals surface area (Å²) < 4.78 is 0. The number of hydrogen-bond donors (Lipinski definition) is 1. The van der Waals surface area contributed by atoms with Gasteiger partial charge in [-0.05, 0) is 37.1 Å². The van der Waals surface area contributed by atoms with E-state index in [1.54, 1.807) is 0 Å². The van der Waals surface area contributed by atoms with E-state index < -0.39 is 0 Å². The van der Waals surface area contributed by atoms with E-state index in [1.165, 1.54) is 22.6 Å². The Morgan fingerprint density at radius 1 is 1.26 bits per heavy atom. The van der Waals surface area contributed by atoms with Crippen LogP contribution >= 0.6 is 11.8 Å². The Morgan fingerprint density at radius 2 is 1.95 bits per heavy atom. The molecular formula is C16H28N2S. The van der Waals surface area contributed by atoms with E-state index in [1.807, 2.05) is 11.8 Å². The van der Waals surface area contributed by atoms with Crippen molar-refractivity contribution in [2.75, 3.05) is 17.7 Å². The molecule has 0 aliphatic rings. The van der Waals surface area contributed by atoms with Gasteiger partial charge in [0.15, 0.2) is 0 Å². The van der Waals surface area contributed by atoms with Gasteiger partial charge in [-0.3, -0.25) is 0 Å². The Bertz CT molecular complexity index is 390. The Morgan fingerprint density at radius 3 is 2.47 bits per heavy atom. The molecule has 0 radical (unpaired) electrons. The predicted molar refractivity (Wildman–Crippen MR) is 88.1 cm³/mol. The van der Waals surface area contributed by atoms with E-state index in [4.69, 9.17) is 5.73 Å².